The zero-order valence-corrected chi connectivity index (χ0v) is 18.6. The summed E-state index contributed by atoms with van der Waals surface area (Å²) in [4.78, 5) is 15.3. The number of likely N-dealkylation sites (tertiary alicyclic amines) is 1. The number of hydrogen-bond acceptors (Lipinski definition) is 4. The third-order valence-electron chi connectivity index (χ3n) is 6.08. The van der Waals surface area contributed by atoms with Gasteiger partial charge in [-0.15, -0.1) is 0 Å². The van der Waals surface area contributed by atoms with E-state index in [0.29, 0.717) is 19.4 Å². The van der Waals surface area contributed by atoms with Gasteiger partial charge in [-0.3, -0.25) is 9.69 Å². The van der Waals surface area contributed by atoms with E-state index in [-0.39, 0.29) is 11.7 Å². The van der Waals surface area contributed by atoms with Crippen molar-refractivity contribution < 1.29 is 13.2 Å². The summed E-state index contributed by atoms with van der Waals surface area (Å²) in [5.74, 6) is 0.701. The van der Waals surface area contributed by atoms with Crippen molar-refractivity contribution in [2.75, 3.05) is 30.7 Å². The van der Waals surface area contributed by atoms with E-state index in [2.05, 4.69) is 29.3 Å². The fourth-order valence-corrected chi connectivity index (χ4v) is 6.02. The Morgan fingerprint density at radius 1 is 1.07 bits per heavy atom. The Kier molecular flexibility index (Phi) is 7.71. The number of benzene rings is 1. The van der Waals surface area contributed by atoms with Crippen molar-refractivity contribution in [3.63, 3.8) is 0 Å². The van der Waals surface area contributed by atoms with Crippen molar-refractivity contribution in [2.24, 2.45) is 5.92 Å². The lowest BCUT2D eigenvalue weighted by Gasteiger charge is -2.33. The molecule has 6 nitrogen and oxygen atoms in total. The molecule has 1 aromatic rings. The van der Waals surface area contributed by atoms with Crippen molar-refractivity contribution in [1.29, 1.82) is 0 Å². The van der Waals surface area contributed by atoms with Crippen LogP contribution >= 0.6 is 0 Å². The first-order chi connectivity index (χ1) is 13.9. The Morgan fingerprint density at radius 2 is 1.76 bits per heavy atom. The lowest BCUT2D eigenvalue weighted by molar-refractivity contribution is -0.120. The van der Waals surface area contributed by atoms with Gasteiger partial charge in [0.1, 0.15) is 6.04 Å². The monoisotopic (exact) mass is 421 g/mol. The van der Waals surface area contributed by atoms with Gasteiger partial charge in [0.15, 0.2) is 0 Å². The Balaban J connectivity index is 1.59. The molecule has 3 rings (SSSR count). The van der Waals surface area contributed by atoms with Crippen LogP contribution in [0.5, 0.6) is 0 Å². The van der Waals surface area contributed by atoms with Crippen LogP contribution < -0.4 is 5.32 Å². The third-order valence-corrected chi connectivity index (χ3v) is 8.16. The van der Waals surface area contributed by atoms with Crippen LogP contribution in [0.15, 0.2) is 24.3 Å². The maximum atomic E-state index is 12.8. The zero-order valence-electron chi connectivity index (χ0n) is 17.8. The number of anilines is 1. The smallest absolute Gasteiger partial charge is 0.242 e. The quantitative estimate of drug-likeness (QED) is 0.732. The van der Waals surface area contributed by atoms with E-state index in [4.69, 9.17) is 0 Å². The molecule has 7 heteroatoms. The molecule has 0 aliphatic carbocycles. The Labute approximate surface area is 175 Å². The van der Waals surface area contributed by atoms with Crippen LogP contribution in [0.4, 0.5) is 5.69 Å². The largest absolute Gasteiger partial charge is 0.325 e. The molecule has 2 fully saturated rings. The zero-order chi connectivity index (χ0) is 20.9. The van der Waals surface area contributed by atoms with Gasteiger partial charge in [-0.1, -0.05) is 32.4 Å². The first-order valence-corrected chi connectivity index (χ1v) is 12.6. The van der Waals surface area contributed by atoms with Gasteiger partial charge in [0.25, 0.3) is 0 Å². The second-order valence-electron chi connectivity index (χ2n) is 8.58. The molecule has 2 heterocycles. The van der Waals surface area contributed by atoms with Gasteiger partial charge in [0, 0.05) is 18.8 Å². The Hall–Kier alpha value is -1.44. The minimum Gasteiger partial charge on any atom is -0.325 e. The second kappa shape index (κ2) is 10.0. The minimum atomic E-state index is -3.38. The number of amides is 1. The van der Waals surface area contributed by atoms with Crippen LogP contribution in [0, 0.1) is 5.92 Å². The molecule has 1 atom stereocenters. The van der Waals surface area contributed by atoms with E-state index in [1.165, 1.54) is 22.7 Å². The average Bonchev–Trinajstić information content (AvgIpc) is 2.71. The molecule has 162 valence electrons. The summed E-state index contributed by atoms with van der Waals surface area (Å²) in [5, 5.41) is 2.93. The third kappa shape index (κ3) is 6.03. The second-order valence-corrected chi connectivity index (χ2v) is 10.6. The van der Waals surface area contributed by atoms with Gasteiger partial charge in [0.05, 0.1) is 5.75 Å². The normalized spacial score (nSPS) is 22.5. The summed E-state index contributed by atoms with van der Waals surface area (Å²) in [6, 6.07) is 7.36. The molecule has 0 aromatic heterocycles. The van der Waals surface area contributed by atoms with Gasteiger partial charge in [-0.25, -0.2) is 8.42 Å². The minimum absolute atomic E-state index is 0.0980. The van der Waals surface area contributed by atoms with Crippen molar-refractivity contribution >= 4 is 21.6 Å². The van der Waals surface area contributed by atoms with Crippen LogP contribution in [0.3, 0.4) is 0 Å². The van der Waals surface area contributed by atoms with Crippen molar-refractivity contribution in [1.82, 2.24) is 9.21 Å². The fraction of sp³-hybridized carbons (Fsp3) is 0.682. The Morgan fingerprint density at radius 3 is 2.41 bits per heavy atom. The van der Waals surface area contributed by atoms with Gasteiger partial charge in [0.2, 0.25) is 15.9 Å². The van der Waals surface area contributed by atoms with Crippen LogP contribution in [-0.4, -0.2) is 55.0 Å². The van der Waals surface area contributed by atoms with E-state index in [1.807, 2.05) is 19.1 Å². The van der Waals surface area contributed by atoms with Crippen molar-refractivity contribution in [3.05, 3.63) is 29.8 Å². The van der Waals surface area contributed by atoms with E-state index in [0.717, 1.165) is 44.1 Å². The van der Waals surface area contributed by atoms with Crippen molar-refractivity contribution in [2.45, 2.75) is 65.0 Å². The first-order valence-electron chi connectivity index (χ1n) is 11.0. The summed E-state index contributed by atoms with van der Waals surface area (Å²) < 4.78 is 26.5. The molecule has 1 N–H and O–H groups in total. The lowest BCUT2D eigenvalue weighted by atomic mass is 9.99. The first kappa shape index (κ1) is 22.2. The molecule has 0 spiro atoms. The molecular weight excluding hydrogens is 386 g/mol. The van der Waals surface area contributed by atoms with E-state index in [9.17, 15) is 13.2 Å². The molecule has 2 aliphatic heterocycles. The number of carbonyl (C=O) groups excluding carboxylic acids is 1. The molecule has 29 heavy (non-hydrogen) atoms. The highest BCUT2D eigenvalue weighted by Crippen LogP contribution is 2.23. The highest BCUT2D eigenvalue weighted by molar-refractivity contribution is 7.89. The molecule has 0 saturated carbocycles. The summed E-state index contributed by atoms with van der Waals surface area (Å²) in [6.45, 7) is 7.82. The van der Waals surface area contributed by atoms with Gasteiger partial charge < -0.3 is 5.32 Å². The summed E-state index contributed by atoms with van der Waals surface area (Å²) >= 11 is 0. The highest BCUT2D eigenvalue weighted by Gasteiger charge is 2.36. The molecular formula is C22H35N3O3S. The molecule has 2 saturated heterocycles. The standard InChI is InChI=1S/C22H35N3O3S/c1-3-16-29(27,28)25-13-5-4-6-21(25)22(26)23-20-9-7-19(8-10-20)17-24-14-11-18(2)12-15-24/h7-10,18,21H,3-6,11-17H2,1-2H3,(H,23,26). The van der Waals surface area contributed by atoms with E-state index < -0.39 is 16.1 Å². The number of sulfonamides is 1. The molecule has 0 radical (unpaired) electrons. The average molecular weight is 422 g/mol. The van der Waals surface area contributed by atoms with Crippen LogP contribution in [0.25, 0.3) is 0 Å². The maximum absolute atomic E-state index is 12.8. The van der Waals surface area contributed by atoms with Gasteiger partial charge >= 0.3 is 0 Å². The molecule has 1 unspecified atom stereocenters. The molecule has 1 amide bonds. The van der Waals surface area contributed by atoms with Crippen LogP contribution in [0.2, 0.25) is 0 Å². The number of nitrogens with one attached hydrogen (secondary N) is 1. The van der Waals surface area contributed by atoms with Gasteiger partial charge in [-0.05, 0) is 68.8 Å². The van der Waals surface area contributed by atoms with Crippen molar-refractivity contribution in [3.8, 4) is 0 Å². The predicted octanol–water partition coefficient (Wildman–Crippen LogP) is 3.45. The van der Waals surface area contributed by atoms with Crippen LogP contribution in [-0.2, 0) is 21.4 Å². The highest BCUT2D eigenvalue weighted by atomic mass is 32.2. The maximum Gasteiger partial charge on any atom is 0.242 e. The summed E-state index contributed by atoms with van der Waals surface area (Å²) in [7, 11) is -3.38. The molecule has 2 aliphatic rings. The summed E-state index contributed by atoms with van der Waals surface area (Å²) in [5.41, 5.74) is 1.96. The van der Waals surface area contributed by atoms with E-state index in [1.54, 1.807) is 0 Å². The molecule has 0 bridgehead atoms. The number of hydrogen-bond donors (Lipinski definition) is 1. The number of carbonyl (C=O) groups is 1. The summed E-state index contributed by atoms with van der Waals surface area (Å²) in [6.07, 6.45) is 5.35. The number of piperidine rings is 2. The lowest BCUT2D eigenvalue weighted by Crippen LogP contribution is -2.50. The van der Waals surface area contributed by atoms with Gasteiger partial charge in [-0.2, -0.15) is 4.31 Å². The topological polar surface area (TPSA) is 69.7 Å². The molecule has 1 aromatic carbocycles. The van der Waals surface area contributed by atoms with E-state index >= 15 is 0 Å². The number of nitrogens with zero attached hydrogens (tertiary/aromatic N) is 2. The predicted molar refractivity (Wildman–Crippen MR) is 117 cm³/mol. The Bertz CT molecular complexity index is 771. The number of rotatable bonds is 7. The SMILES string of the molecule is CCCS(=O)(=O)N1CCCCC1C(=O)Nc1ccc(CN2CCC(C)CC2)cc1. The fourth-order valence-electron chi connectivity index (χ4n) is 4.27. The van der Waals surface area contributed by atoms with Crippen LogP contribution in [0.1, 0.15) is 57.9 Å².